The number of benzene rings is 1. The number of nitrogens with zero attached hydrogens (tertiary/aromatic N) is 1. The topological polar surface area (TPSA) is 32.3 Å². The van der Waals surface area contributed by atoms with Crippen molar-refractivity contribution in [3.05, 3.63) is 35.9 Å². The lowest BCUT2D eigenvalue weighted by atomic mass is 9.94. The summed E-state index contributed by atoms with van der Waals surface area (Å²) in [6, 6.07) is 11.4. The highest BCUT2D eigenvalue weighted by atomic mass is 16.2. The number of carbonyl (C=O) groups is 1. The maximum atomic E-state index is 11.9. The molecule has 1 N–H and O–H groups in total. The van der Waals surface area contributed by atoms with Gasteiger partial charge in [-0.05, 0) is 44.1 Å². The van der Waals surface area contributed by atoms with Crippen LogP contribution >= 0.6 is 0 Å². The van der Waals surface area contributed by atoms with E-state index in [1.54, 1.807) is 0 Å². The predicted octanol–water partition coefficient (Wildman–Crippen LogP) is 2.71. The SMILES string of the molecule is O=C(NC1CCN(CC2(c3ccccc3)CC2)CC1)C1CC1. The number of carbonyl (C=O) groups excluding carboxylic acids is 1. The van der Waals surface area contributed by atoms with Crippen LogP contribution in [0.5, 0.6) is 0 Å². The normalized spacial score (nSPS) is 24.9. The van der Waals surface area contributed by atoms with Crippen LogP contribution in [0.4, 0.5) is 0 Å². The summed E-state index contributed by atoms with van der Waals surface area (Å²) in [5, 5.41) is 3.25. The molecule has 0 spiro atoms. The van der Waals surface area contributed by atoms with E-state index in [9.17, 15) is 4.79 Å². The second-order valence-corrected chi connectivity index (χ2v) is 7.48. The third-order valence-corrected chi connectivity index (χ3v) is 5.65. The number of hydrogen-bond donors (Lipinski definition) is 1. The fourth-order valence-electron chi connectivity index (χ4n) is 3.81. The Balaban J connectivity index is 1.28. The Hall–Kier alpha value is -1.35. The predicted molar refractivity (Wildman–Crippen MR) is 87.7 cm³/mol. The lowest BCUT2D eigenvalue weighted by Gasteiger charge is -2.35. The maximum Gasteiger partial charge on any atom is 0.223 e. The summed E-state index contributed by atoms with van der Waals surface area (Å²) in [5.41, 5.74) is 1.94. The lowest BCUT2D eigenvalue weighted by molar-refractivity contribution is -0.123. The van der Waals surface area contributed by atoms with Gasteiger partial charge >= 0.3 is 0 Å². The highest BCUT2D eigenvalue weighted by Crippen LogP contribution is 2.48. The van der Waals surface area contributed by atoms with Crippen molar-refractivity contribution in [1.82, 2.24) is 10.2 Å². The molecule has 1 aliphatic heterocycles. The molecule has 3 aliphatic rings. The Morgan fingerprint density at radius 1 is 1.09 bits per heavy atom. The summed E-state index contributed by atoms with van der Waals surface area (Å²) in [6.45, 7) is 3.45. The van der Waals surface area contributed by atoms with E-state index in [0.717, 1.165) is 38.8 Å². The largest absolute Gasteiger partial charge is 0.353 e. The third kappa shape index (κ3) is 3.05. The average molecular weight is 298 g/mol. The van der Waals surface area contributed by atoms with Crippen molar-refractivity contribution in [3.63, 3.8) is 0 Å². The van der Waals surface area contributed by atoms with E-state index in [-0.39, 0.29) is 0 Å². The van der Waals surface area contributed by atoms with E-state index in [2.05, 4.69) is 40.5 Å². The Morgan fingerprint density at radius 3 is 2.36 bits per heavy atom. The Kier molecular flexibility index (Phi) is 3.69. The molecular formula is C19H26N2O. The summed E-state index contributed by atoms with van der Waals surface area (Å²) in [4.78, 5) is 14.5. The molecule has 1 heterocycles. The van der Waals surface area contributed by atoms with E-state index in [1.165, 1.54) is 24.9 Å². The molecule has 118 valence electrons. The molecular weight excluding hydrogens is 272 g/mol. The van der Waals surface area contributed by atoms with Gasteiger partial charge in [0.1, 0.15) is 0 Å². The number of rotatable bonds is 5. The van der Waals surface area contributed by atoms with E-state index in [1.807, 2.05) is 0 Å². The van der Waals surface area contributed by atoms with E-state index in [4.69, 9.17) is 0 Å². The summed E-state index contributed by atoms with van der Waals surface area (Å²) in [7, 11) is 0. The molecule has 0 aromatic heterocycles. The fourth-order valence-corrected chi connectivity index (χ4v) is 3.81. The van der Waals surface area contributed by atoms with Crippen LogP contribution in [0.2, 0.25) is 0 Å². The molecule has 3 heteroatoms. The van der Waals surface area contributed by atoms with Crippen LogP contribution < -0.4 is 5.32 Å². The first-order valence-corrected chi connectivity index (χ1v) is 8.83. The van der Waals surface area contributed by atoms with E-state index >= 15 is 0 Å². The first-order chi connectivity index (χ1) is 10.8. The van der Waals surface area contributed by atoms with Crippen LogP contribution in [0.15, 0.2) is 30.3 Å². The van der Waals surface area contributed by atoms with Gasteiger partial charge in [-0.15, -0.1) is 0 Å². The van der Waals surface area contributed by atoms with Crippen LogP contribution in [0, 0.1) is 5.92 Å². The molecule has 2 aliphatic carbocycles. The molecule has 3 fully saturated rings. The fraction of sp³-hybridized carbons (Fsp3) is 0.632. The van der Waals surface area contributed by atoms with Gasteiger partial charge in [0.05, 0.1) is 0 Å². The van der Waals surface area contributed by atoms with Gasteiger partial charge in [-0.1, -0.05) is 30.3 Å². The highest BCUT2D eigenvalue weighted by Gasteiger charge is 2.45. The molecule has 1 amide bonds. The van der Waals surface area contributed by atoms with Gasteiger partial charge < -0.3 is 10.2 Å². The number of nitrogens with one attached hydrogen (secondary N) is 1. The van der Waals surface area contributed by atoms with Crippen LogP contribution in [-0.2, 0) is 10.2 Å². The van der Waals surface area contributed by atoms with Crippen LogP contribution in [0.25, 0.3) is 0 Å². The zero-order valence-corrected chi connectivity index (χ0v) is 13.3. The monoisotopic (exact) mass is 298 g/mol. The van der Waals surface area contributed by atoms with E-state index < -0.39 is 0 Å². The first-order valence-electron chi connectivity index (χ1n) is 8.83. The van der Waals surface area contributed by atoms with Crippen molar-refractivity contribution in [2.45, 2.75) is 50.0 Å². The number of hydrogen-bond acceptors (Lipinski definition) is 2. The molecule has 1 saturated heterocycles. The van der Waals surface area contributed by atoms with Gasteiger partial charge in [0, 0.05) is 37.0 Å². The molecule has 22 heavy (non-hydrogen) atoms. The summed E-state index contributed by atoms with van der Waals surface area (Å²) >= 11 is 0. The molecule has 0 atom stereocenters. The standard InChI is InChI=1S/C19H26N2O/c22-18(15-6-7-15)20-17-8-12-21(13-9-17)14-19(10-11-19)16-4-2-1-3-5-16/h1-5,15,17H,6-14H2,(H,20,22). The van der Waals surface area contributed by atoms with Gasteiger partial charge in [0.25, 0.3) is 0 Å². The van der Waals surface area contributed by atoms with Crippen LogP contribution in [0.1, 0.15) is 44.1 Å². The minimum absolute atomic E-state index is 0.307. The van der Waals surface area contributed by atoms with Gasteiger partial charge in [0.15, 0.2) is 0 Å². The zero-order valence-electron chi connectivity index (χ0n) is 13.3. The number of likely N-dealkylation sites (tertiary alicyclic amines) is 1. The van der Waals surface area contributed by atoms with Gasteiger partial charge in [-0.3, -0.25) is 4.79 Å². The van der Waals surface area contributed by atoms with Crippen LogP contribution in [-0.4, -0.2) is 36.5 Å². The summed E-state index contributed by atoms with van der Waals surface area (Å²) < 4.78 is 0. The molecule has 3 nitrogen and oxygen atoms in total. The number of amides is 1. The zero-order chi connectivity index (χ0) is 15.0. The second kappa shape index (κ2) is 5.69. The third-order valence-electron chi connectivity index (χ3n) is 5.65. The van der Waals surface area contributed by atoms with Crippen molar-refractivity contribution >= 4 is 5.91 Å². The smallest absolute Gasteiger partial charge is 0.223 e. The molecule has 0 radical (unpaired) electrons. The Bertz CT molecular complexity index is 526. The van der Waals surface area contributed by atoms with Gasteiger partial charge in [-0.25, -0.2) is 0 Å². The summed E-state index contributed by atoms with van der Waals surface area (Å²) in [5.74, 6) is 0.646. The van der Waals surface area contributed by atoms with Crippen molar-refractivity contribution in [2.75, 3.05) is 19.6 Å². The number of piperidine rings is 1. The minimum Gasteiger partial charge on any atom is -0.353 e. The Labute approximate surface area is 133 Å². The van der Waals surface area contributed by atoms with Crippen molar-refractivity contribution in [1.29, 1.82) is 0 Å². The maximum absolute atomic E-state index is 11.9. The highest BCUT2D eigenvalue weighted by molar-refractivity contribution is 5.81. The quantitative estimate of drug-likeness (QED) is 0.906. The van der Waals surface area contributed by atoms with E-state index in [0.29, 0.717) is 23.3 Å². The molecule has 1 aromatic carbocycles. The van der Waals surface area contributed by atoms with Gasteiger partial charge in [-0.2, -0.15) is 0 Å². The summed E-state index contributed by atoms with van der Waals surface area (Å²) in [6.07, 6.45) is 7.09. The molecule has 1 aromatic rings. The average Bonchev–Trinajstić information content (AvgIpc) is 3.45. The molecule has 0 unspecified atom stereocenters. The van der Waals surface area contributed by atoms with Crippen molar-refractivity contribution in [2.24, 2.45) is 5.92 Å². The van der Waals surface area contributed by atoms with Crippen molar-refractivity contribution in [3.8, 4) is 0 Å². The minimum atomic E-state index is 0.307. The van der Waals surface area contributed by atoms with Gasteiger partial charge in [0.2, 0.25) is 5.91 Å². The molecule has 4 rings (SSSR count). The second-order valence-electron chi connectivity index (χ2n) is 7.48. The van der Waals surface area contributed by atoms with Crippen LogP contribution in [0.3, 0.4) is 0 Å². The Morgan fingerprint density at radius 2 is 1.77 bits per heavy atom. The molecule has 0 bridgehead atoms. The lowest BCUT2D eigenvalue weighted by Crippen LogP contribution is -2.46. The molecule has 2 saturated carbocycles. The van der Waals surface area contributed by atoms with Crippen molar-refractivity contribution < 1.29 is 4.79 Å². The first kappa shape index (κ1) is 14.3.